The second-order valence-corrected chi connectivity index (χ2v) is 15.0. The normalized spacial score (nSPS) is 16.2. The van der Waals surface area contributed by atoms with Crippen molar-refractivity contribution in [2.24, 2.45) is 0 Å². The first kappa shape index (κ1) is 30.6. The molecule has 1 nitrogen and oxygen atoms in total. The summed E-state index contributed by atoms with van der Waals surface area (Å²) in [6.07, 6.45) is 0. The third-order valence-corrected chi connectivity index (χ3v) is 11.9. The highest BCUT2D eigenvalue weighted by Gasteiger charge is 2.41. The standard InChI is InChI=1S/C51H39N/c1-50(2)44-24-12-10-22-43(44)49-42(23-15-26-46(49)50)41-21-11-14-27-48(41)52(37-29-28-34-16-7-8-17-35(34)32-37)38-30-31-40-39-20-9-13-25-45(39)51(3,47(40)33-38)36-18-5-4-6-19-36/h4-33H,1-3H3. The predicted octanol–water partition coefficient (Wildman–Crippen LogP) is 13.6. The molecule has 0 radical (unpaired) electrons. The molecule has 8 aromatic carbocycles. The van der Waals surface area contributed by atoms with Crippen LogP contribution in [0.1, 0.15) is 48.6 Å². The van der Waals surface area contributed by atoms with E-state index in [1.807, 2.05) is 0 Å². The molecule has 0 aromatic heterocycles. The summed E-state index contributed by atoms with van der Waals surface area (Å²) >= 11 is 0. The molecule has 0 amide bonds. The average molecular weight is 666 g/mol. The summed E-state index contributed by atoms with van der Waals surface area (Å²) in [4.78, 5) is 2.49. The summed E-state index contributed by atoms with van der Waals surface area (Å²) in [7, 11) is 0. The Morgan fingerprint density at radius 2 is 0.942 bits per heavy atom. The third-order valence-electron chi connectivity index (χ3n) is 11.9. The highest BCUT2D eigenvalue weighted by Crippen LogP contribution is 2.56. The van der Waals surface area contributed by atoms with Crippen molar-refractivity contribution in [3.05, 3.63) is 210 Å². The van der Waals surface area contributed by atoms with Crippen LogP contribution < -0.4 is 4.90 Å². The first-order chi connectivity index (χ1) is 25.4. The fourth-order valence-corrected chi connectivity index (χ4v) is 9.32. The molecule has 0 bridgehead atoms. The summed E-state index contributed by atoms with van der Waals surface area (Å²) in [5, 5.41) is 2.46. The van der Waals surface area contributed by atoms with Crippen molar-refractivity contribution >= 4 is 27.8 Å². The zero-order valence-electron chi connectivity index (χ0n) is 29.8. The lowest BCUT2D eigenvalue weighted by atomic mass is 9.74. The molecule has 10 rings (SSSR count). The first-order valence-corrected chi connectivity index (χ1v) is 18.4. The molecule has 0 heterocycles. The van der Waals surface area contributed by atoms with Crippen LogP contribution in [0.25, 0.3) is 44.2 Å². The number of rotatable bonds is 5. The van der Waals surface area contributed by atoms with Crippen molar-refractivity contribution in [3.63, 3.8) is 0 Å². The number of benzene rings is 8. The number of hydrogen-bond acceptors (Lipinski definition) is 1. The van der Waals surface area contributed by atoms with Gasteiger partial charge in [-0.25, -0.2) is 0 Å². The maximum Gasteiger partial charge on any atom is 0.0540 e. The zero-order chi connectivity index (χ0) is 35.0. The van der Waals surface area contributed by atoms with Crippen LogP contribution in [0.3, 0.4) is 0 Å². The maximum absolute atomic E-state index is 2.49. The van der Waals surface area contributed by atoms with E-state index in [2.05, 4.69) is 208 Å². The molecule has 8 aromatic rings. The molecule has 1 heteroatoms. The average Bonchev–Trinajstić information content (AvgIpc) is 3.60. The molecule has 248 valence electrons. The van der Waals surface area contributed by atoms with Crippen LogP contribution in [0.15, 0.2) is 182 Å². The molecule has 0 saturated carbocycles. The summed E-state index contributed by atoms with van der Waals surface area (Å²) in [5.74, 6) is 0. The van der Waals surface area contributed by atoms with Crippen LogP contribution in [-0.4, -0.2) is 0 Å². The molecule has 52 heavy (non-hydrogen) atoms. The molecule has 0 spiro atoms. The smallest absolute Gasteiger partial charge is 0.0540 e. The van der Waals surface area contributed by atoms with E-state index in [4.69, 9.17) is 0 Å². The van der Waals surface area contributed by atoms with E-state index in [0.29, 0.717) is 0 Å². The van der Waals surface area contributed by atoms with Crippen LogP contribution in [0.4, 0.5) is 17.1 Å². The van der Waals surface area contributed by atoms with Crippen LogP contribution >= 0.6 is 0 Å². The van der Waals surface area contributed by atoms with E-state index in [9.17, 15) is 0 Å². The molecule has 1 atom stereocenters. The summed E-state index contributed by atoms with van der Waals surface area (Å²) < 4.78 is 0. The van der Waals surface area contributed by atoms with Gasteiger partial charge in [0.2, 0.25) is 0 Å². The van der Waals surface area contributed by atoms with E-state index in [-0.39, 0.29) is 10.8 Å². The van der Waals surface area contributed by atoms with Crippen LogP contribution in [-0.2, 0) is 10.8 Å². The van der Waals surface area contributed by atoms with E-state index in [0.717, 1.165) is 17.1 Å². The monoisotopic (exact) mass is 665 g/mol. The van der Waals surface area contributed by atoms with Gasteiger partial charge in [0.15, 0.2) is 0 Å². The van der Waals surface area contributed by atoms with Gasteiger partial charge in [0.25, 0.3) is 0 Å². The molecule has 0 N–H and O–H groups in total. The topological polar surface area (TPSA) is 3.24 Å². The van der Waals surface area contributed by atoms with Crippen molar-refractivity contribution in [1.29, 1.82) is 0 Å². The van der Waals surface area contributed by atoms with Crippen LogP contribution in [0.5, 0.6) is 0 Å². The minimum Gasteiger partial charge on any atom is -0.310 e. The van der Waals surface area contributed by atoms with Gasteiger partial charge in [0.1, 0.15) is 0 Å². The molecule has 0 fully saturated rings. The lowest BCUT2D eigenvalue weighted by Crippen LogP contribution is -2.22. The molecule has 0 saturated heterocycles. The van der Waals surface area contributed by atoms with Gasteiger partial charge in [0.05, 0.1) is 5.69 Å². The van der Waals surface area contributed by atoms with Gasteiger partial charge in [-0.15, -0.1) is 0 Å². The molecule has 0 aliphatic heterocycles. The lowest BCUT2D eigenvalue weighted by Gasteiger charge is -2.32. The highest BCUT2D eigenvalue weighted by atomic mass is 15.1. The summed E-state index contributed by atoms with van der Waals surface area (Å²) in [6.45, 7) is 7.12. The van der Waals surface area contributed by atoms with Crippen LogP contribution in [0.2, 0.25) is 0 Å². The quantitative estimate of drug-likeness (QED) is 0.177. The molecule has 2 aliphatic rings. The Morgan fingerprint density at radius 1 is 0.365 bits per heavy atom. The van der Waals surface area contributed by atoms with Crippen molar-refractivity contribution in [2.45, 2.75) is 31.6 Å². The number of hydrogen-bond donors (Lipinski definition) is 0. The Labute approximate surface area is 306 Å². The van der Waals surface area contributed by atoms with E-state index < -0.39 is 0 Å². The first-order valence-electron chi connectivity index (χ1n) is 18.4. The van der Waals surface area contributed by atoms with Gasteiger partial charge in [-0.2, -0.15) is 0 Å². The predicted molar refractivity (Wildman–Crippen MR) is 219 cm³/mol. The number of anilines is 3. The largest absolute Gasteiger partial charge is 0.310 e. The van der Waals surface area contributed by atoms with Crippen molar-refractivity contribution < 1.29 is 0 Å². The van der Waals surface area contributed by atoms with Crippen LogP contribution in [0, 0.1) is 0 Å². The minimum absolute atomic E-state index is 0.0776. The Hall–Kier alpha value is -6.18. The maximum atomic E-state index is 2.49. The number of nitrogens with zero attached hydrogens (tertiary/aromatic N) is 1. The zero-order valence-corrected chi connectivity index (χ0v) is 29.8. The van der Waals surface area contributed by atoms with Crippen molar-refractivity contribution in [2.75, 3.05) is 4.90 Å². The second-order valence-electron chi connectivity index (χ2n) is 15.0. The fraction of sp³-hybridized carbons (Fsp3) is 0.0980. The van der Waals surface area contributed by atoms with Gasteiger partial charge < -0.3 is 4.90 Å². The Kier molecular flexibility index (Phi) is 6.73. The molecule has 2 aliphatic carbocycles. The van der Waals surface area contributed by atoms with E-state index >= 15 is 0 Å². The minimum atomic E-state index is -0.298. The van der Waals surface area contributed by atoms with E-state index in [1.54, 1.807) is 0 Å². The summed E-state index contributed by atoms with van der Waals surface area (Å²) in [6, 6.07) is 67.5. The van der Waals surface area contributed by atoms with Gasteiger partial charge in [0, 0.05) is 27.8 Å². The third kappa shape index (κ3) is 4.36. The Balaban J connectivity index is 1.24. The van der Waals surface area contributed by atoms with Gasteiger partial charge in [-0.05, 0) is 104 Å². The molecular formula is C51H39N. The van der Waals surface area contributed by atoms with Crippen molar-refractivity contribution in [3.8, 4) is 33.4 Å². The lowest BCUT2D eigenvalue weighted by molar-refractivity contribution is 0.660. The molecular weight excluding hydrogens is 627 g/mol. The fourth-order valence-electron chi connectivity index (χ4n) is 9.32. The summed E-state index contributed by atoms with van der Waals surface area (Å²) in [5.41, 5.74) is 17.6. The second kappa shape index (κ2) is 11.4. The van der Waals surface area contributed by atoms with Gasteiger partial charge in [-0.3, -0.25) is 0 Å². The van der Waals surface area contributed by atoms with Gasteiger partial charge >= 0.3 is 0 Å². The van der Waals surface area contributed by atoms with E-state index in [1.165, 1.54) is 72.0 Å². The Bertz CT molecular complexity index is 2680. The Morgan fingerprint density at radius 3 is 1.77 bits per heavy atom. The van der Waals surface area contributed by atoms with Crippen molar-refractivity contribution in [1.82, 2.24) is 0 Å². The van der Waals surface area contributed by atoms with Gasteiger partial charge in [-0.1, -0.05) is 166 Å². The number of fused-ring (bicyclic) bond motifs is 7. The number of para-hydroxylation sites is 1. The highest BCUT2D eigenvalue weighted by molar-refractivity contribution is 5.99. The molecule has 1 unspecified atom stereocenters. The SMILES string of the molecule is CC1(C)c2ccccc2-c2c(-c3ccccc3N(c3ccc4c(c3)C(C)(c3ccccc3)c3ccccc3-4)c3ccc4ccccc4c3)cccc21.